The van der Waals surface area contributed by atoms with Crippen molar-refractivity contribution >= 4 is 39.1 Å². The van der Waals surface area contributed by atoms with Gasteiger partial charge < -0.3 is 19.9 Å². The molecule has 0 aliphatic carbocycles. The quantitative estimate of drug-likeness (QED) is 0.565. The molecule has 0 heterocycles. The zero-order valence-electron chi connectivity index (χ0n) is 14.9. The molecule has 142 valence electrons. The van der Waals surface area contributed by atoms with Crippen LogP contribution in [0.4, 0.5) is 0 Å². The van der Waals surface area contributed by atoms with Gasteiger partial charge >= 0.3 is 0 Å². The number of aliphatic hydroxyl groups excluding tert-OH is 1. The van der Waals surface area contributed by atoms with Crippen LogP contribution in [0.2, 0.25) is 10.0 Å². The van der Waals surface area contributed by atoms with Gasteiger partial charge in [0.1, 0.15) is 6.61 Å². The third kappa shape index (κ3) is 5.27. The van der Waals surface area contributed by atoms with Crippen LogP contribution in [0.25, 0.3) is 0 Å². The minimum atomic E-state index is -0.425. The van der Waals surface area contributed by atoms with Crippen molar-refractivity contribution in [2.24, 2.45) is 0 Å². The Balaban J connectivity index is 2.32. The van der Waals surface area contributed by atoms with Gasteiger partial charge in [-0.25, -0.2) is 0 Å². The van der Waals surface area contributed by atoms with Crippen molar-refractivity contribution in [3.05, 3.63) is 56.0 Å². The lowest BCUT2D eigenvalue weighted by atomic mass is 10.1. The van der Waals surface area contributed by atoms with Gasteiger partial charge in [-0.05, 0) is 38.1 Å². The van der Waals surface area contributed by atoms with Gasteiger partial charge in [-0.1, -0.05) is 45.2 Å². The van der Waals surface area contributed by atoms with Crippen LogP contribution in [0.3, 0.4) is 0 Å². The second-order valence-electron chi connectivity index (χ2n) is 6.44. The van der Waals surface area contributed by atoms with Crippen LogP contribution in [0.1, 0.15) is 25.0 Å². The predicted octanol–water partition coefficient (Wildman–Crippen LogP) is 5.20. The second-order valence-corrected chi connectivity index (χ2v) is 8.11. The van der Waals surface area contributed by atoms with E-state index in [9.17, 15) is 5.11 Å². The van der Waals surface area contributed by atoms with E-state index in [1.807, 2.05) is 26.0 Å². The molecule has 0 radical (unpaired) electrons. The van der Waals surface area contributed by atoms with Crippen molar-refractivity contribution in [3.8, 4) is 11.5 Å². The Labute approximate surface area is 172 Å². The number of nitrogens with one attached hydrogen (secondary N) is 1. The molecule has 2 N–H and O–H groups in total. The molecule has 7 heteroatoms. The zero-order valence-corrected chi connectivity index (χ0v) is 18.0. The predicted molar refractivity (Wildman–Crippen MR) is 109 cm³/mol. The number of halogens is 3. The summed E-state index contributed by atoms with van der Waals surface area (Å²) < 4.78 is 12.4. The first-order valence-electron chi connectivity index (χ1n) is 8.06. The molecule has 0 fully saturated rings. The number of hydrogen-bond donors (Lipinski definition) is 2. The van der Waals surface area contributed by atoms with Crippen LogP contribution in [0.5, 0.6) is 11.5 Å². The van der Waals surface area contributed by atoms with Crippen LogP contribution in [-0.2, 0) is 13.2 Å². The first-order valence-corrected chi connectivity index (χ1v) is 9.61. The number of hydrogen-bond acceptors (Lipinski definition) is 4. The SMILES string of the molecule is COc1ccc(Br)c(CNC(C)(C)CO)c1OCc1c(Cl)cccc1Cl. The molecule has 0 atom stereocenters. The minimum absolute atomic E-state index is 0.0139. The normalized spacial score (nSPS) is 11.5. The highest BCUT2D eigenvalue weighted by molar-refractivity contribution is 9.10. The highest BCUT2D eigenvalue weighted by Crippen LogP contribution is 2.38. The third-order valence-corrected chi connectivity index (χ3v) is 5.40. The molecule has 2 rings (SSSR count). The molecule has 2 aromatic carbocycles. The van der Waals surface area contributed by atoms with Crippen molar-refractivity contribution in [1.29, 1.82) is 0 Å². The zero-order chi connectivity index (χ0) is 19.3. The smallest absolute Gasteiger partial charge is 0.167 e. The summed E-state index contributed by atoms with van der Waals surface area (Å²) in [5.41, 5.74) is 1.17. The molecule has 2 aromatic rings. The third-order valence-electron chi connectivity index (χ3n) is 3.95. The van der Waals surface area contributed by atoms with Crippen molar-refractivity contribution in [3.63, 3.8) is 0 Å². The maximum absolute atomic E-state index is 9.47. The second kappa shape index (κ2) is 9.29. The molecule has 0 aromatic heterocycles. The van der Waals surface area contributed by atoms with Gasteiger partial charge in [0, 0.05) is 37.7 Å². The Kier molecular flexibility index (Phi) is 7.62. The molecular formula is C19H22BrCl2NO3. The molecule has 0 bridgehead atoms. The van der Waals surface area contributed by atoms with Gasteiger partial charge in [0.15, 0.2) is 11.5 Å². The Morgan fingerprint density at radius 3 is 2.35 bits per heavy atom. The van der Waals surface area contributed by atoms with Gasteiger partial charge in [0.05, 0.1) is 13.7 Å². The summed E-state index contributed by atoms with van der Waals surface area (Å²) in [4.78, 5) is 0. The van der Waals surface area contributed by atoms with Gasteiger partial charge in [-0.2, -0.15) is 0 Å². The van der Waals surface area contributed by atoms with Gasteiger partial charge in [-0.15, -0.1) is 0 Å². The fourth-order valence-corrected chi connectivity index (χ4v) is 3.22. The Morgan fingerprint density at radius 2 is 1.77 bits per heavy atom. The Bertz CT molecular complexity index is 748. The lowest BCUT2D eigenvalue weighted by Gasteiger charge is -2.25. The standard InChI is InChI=1S/C19H22BrCl2NO3/c1-19(2,11-24)23-9-12-14(20)7-8-17(25-3)18(12)26-10-13-15(21)5-4-6-16(13)22/h4-8,23-24H,9-11H2,1-3H3. The molecule has 0 saturated heterocycles. The van der Waals surface area contributed by atoms with Crippen molar-refractivity contribution in [2.75, 3.05) is 13.7 Å². The monoisotopic (exact) mass is 461 g/mol. The molecular weight excluding hydrogens is 441 g/mol. The van der Waals surface area contributed by atoms with E-state index in [4.69, 9.17) is 32.7 Å². The van der Waals surface area contributed by atoms with Crippen molar-refractivity contribution in [2.45, 2.75) is 32.5 Å². The summed E-state index contributed by atoms with van der Waals surface area (Å²) in [6.45, 7) is 4.55. The van der Waals surface area contributed by atoms with E-state index < -0.39 is 5.54 Å². The maximum Gasteiger partial charge on any atom is 0.167 e. The van der Waals surface area contributed by atoms with Crippen molar-refractivity contribution < 1.29 is 14.6 Å². The van der Waals surface area contributed by atoms with Crippen LogP contribution < -0.4 is 14.8 Å². The first kappa shape index (κ1) is 21.3. The lowest BCUT2D eigenvalue weighted by molar-refractivity contribution is 0.186. The largest absolute Gasteiger partial charge is 0.493 e. The van der Waals surface area contributed by atoms with E-state index >= 15 is 0 Å². The number of benzene rings is 2. The summed E-state index contributed by atoms with van der Waals surface area (Å²) in [6.07, 6.45) is 0. The van der Waals surface area contributed by atoms with Gasteiger partial charge in [-0.3, -0.25) is 0 Å². The van der Waals surface area contributed by atoms with E-state index in [1.165, 1.54) is 0 Å². The van der Waals surface area contributed by atoms with E-state index in [0.717, 1.165) is 10.0 Å². The average molecular weight is 463 g/mol. The average Bonchev–Trinajstić information content (AvgIpc) is 2.60. The molecule has 0 saturated carbocycles. The van der Waals surface area contributed by atoms with E-state index in [-0.39, 0.29) is 13.2 Å². The van der Waals surface area contributed by atoms with E-state index in [1.54, 1.807) is 25.3 Å². The number of rotatable bonds is 8. The highest BCUT2D eigenvalue weighted by Gasteiger charge is 2.20. The fraction of sp³-hybridized carbons (Fsp3) is 0.368. The summed E-state index contributed by atoms with van der Waals surface area (Å²) in [5, 5.41) is 13.9. The van der Waals surface area contributed by atoms with Crippen LogP contribution in [-0.4, -0.2) is 24.4 Å². The molecule has 0 spiro atoms. The molecule has 0 aliphatic heterocycles. The highest BCUT2D eigenvalue weighted by atomic mass is 79.9. The minimum Gasteiger partial charge on any atom is -0.493 e. The number of ether oxygens (including phenoxy) is 2. The lowest BCUT2D eigenvalue weighted by Crippen LogP contribution is -2.42. The summed E-state index contributed by atoms with van der Waals surface area (Å²) in [5.74, 6) is 1.20. The van der Waals surface area contributed by atoms with Crippen LogP contribution >= 0.6 is 39.1 Å². The van der Waals surface area contributed by atoms with Crippen LogP contribution in [0.15, 0.2) is 34.8 Å². The van der Waals surface area contributed by atoms with E-state index in [2.05, 4.69) is 21.2 Å². The molecule has 0 unspecified atom stereocenters. The number of methoxy groups -OCH3 is 1. The van der Waals surface area contributed by atoms with Gasteiger partial charge in [0.2, 0.25) is 0 Å². The Hall–Kier alpha value is -0.980. The van der Waals surface area contributed by atoms with Gasteiger partial charge in [0.25, 0.3) is 0 Å². The molecule has 4 nitrogen and oxygen atoms in total. The number of aliphatic hydroxyl groups is 1. The molecule has 0 amide bonds. The van der Waals surface area contributed by atoms with Crippen molar-refractivity contribution in [1.82, 2.24) is 5.32 Å². The summed E-state index contributed by atoms with van der Waals surface area (Å²) in [6, 6.07) is 9.07. The Morgan fingerprint density at radius 1 is 1.12 bits per heavy atom. The fourth-order valence-electron chi connectivity index (χ4n) is 2.26. The maximum atomic E-state index is 9.47. The topological polar surface area (TPSA) is 50.7 Å². The summed E-state index contributed by atoms with van der Waals surface area (Å²) in [7, 11) is 1.59. The molecule has 26 heavy (non-hydrogen) atoms. The first-order chi connectivity index (χ1) is 12.3. The summed E-state index contributed by atoms with van der Waals surface area (Å²) >= 11 is 16.0. The van der Waals surface area contributed by atoms with Crippen LogP contribution in [0, 0.1) is 0 Å². The molecule has 0 aliphatic rings. The van der Waals surface area contributed by atoms with E-state index in [0.29, 0.717) is 33.7 Å².